The van der Waals surface area contributed by atoms with Gasteiger partial charge in [0.1, 0.15) is 0 Å². The van der Waals surface area contributed by atoms with Crippen LogP contribution >= 0.6 is 0 Å². The summed E-state index contributed by atoms with van der Waals surface area (Å²) in [6, 6.07) is 24.6. The maximum Gasteiger partial charge on any atom is 0.0702 e. The first-order valence-electron chi connectivity index (χ1n) is 6.61. The molecule has 2 aromatic carbocycles. The van der Waals surface area contributed by atoms with Crippen LogP contribution in [-0.2, 0) is 0 Å². The Kier molecular flexibility index (Phi) is 3.42. The van der Waals surface area contributed by atoms with Gasteiger partial charge in [-0.2, -0.15) is 0 Å². The largest absolute Gasteiger partial charge is 0.256 e. The summed E-state index contributed by atoms with van der Waals surface area (Å²) in [5, 5.41) is 0. The fourth-order valence-electron chi connectivity index (χ4n) is 2.29. The Morgan fingerprint density at radius 2 is 1.45 bits per heavy atom. The van der Waals surface area contributed by atoms with E-state index in [2.05, 4.69) is 54.0 Å². The summed E-state index contributed by atoms with van der Waals surface area (Å²) in [6.07, 6.45) is 1.80. The van der Waals surface area contributed by atoms with Gasteiger partial charge in [-0.1, -0.05) is 67.2 Å². The molecule has 0 radical (unpaired) electrons. The lowest BCUT2D eigenvalue weighted by Gasteiger charge is -2.11. The lowest BCUT2D eigenvalue weighted by molar-refractivity contribution is 1.27. The van der Waals surface area contributed by atoms with Crippen LogP contribution in [-0.4, -0.2) is 4.98 Å². The van der Waals surface area contributed by atoms with Crippen LogP contribution in [0.4, 0.5) is 0 Å². The second kappa shape index (κ2) is 5.54. The normalized spacial score (nSPS) is 10.2. The average Bonchev–Trinajstić information content (AvgIpc) is 2.56. The predicted molar refractivity (Wildman–Crippen MR) is 84.3 cm³/mol. The molecule has 1 nitrogen and oxygen atoms in total. The van der Waals surface area contributed by atoms with Crippen molar-refractivity contribution in [1.82, 2.24) is 4.98 Å². The van der Waals surface area contributed by atoms with Crippen molar-refractivity contribution in [2.75, 3.05) is 0 Å². The molecule has 20 heavy (non-hydrogen) atoms. The summed E-state index contributed by atoms with van der Waals surface area (Å²) >= 11 is 0. The predicted octanol–water partition coefficient (Wildman–Crippen LogP) is 4.81. The fraction of sp³-hybridized carbons (Fsp3) is 0. The summed E-state index contributed by atoms with van der Waals surface area (Å²) in [7, 11) is 0. The average molecular weight is 257 g/mol. The first-order chi connectivity index (χ1) is 9.86. The first-order valence-corrected chi connectivity index (χ1v) is 6.61. The summed E-state index contributed by atoms with van der Waals surface area (Å²) in [5.41, 5.74) is 5.36. The molecule has 0 bridgehead atoms. The van der Waals surface area contributed by atoms with Crippen molar-refractivity contribution in [2.24, 2.45) is 0 Å². The van der Waals surface area contributed by atoms with Crippen molar-refractivity contribution < 1.29 is 0 Å². The van der Waals surface area contributed by atoms with Crippen LogP contribution in [0.5, 0.6) is 0 Å². The maximum atomic E-state index is 4.39. The maximum absolute atomic E-state index is 4.39. The van der Waals surface area contributed by atoms with Gasteiger partial charge < -0.3 is 0 Å². The highest BCUT2D eigenvalue weighted by Crippen LogP contribution is 2.30. The molecule has 0 aliphatic heterocycles. The van der Waals surface area contributed by atoms with Crippen molar-refractivity contribution in [3.05, 3.63) is 96.8 Å². The molecule has 0 aliphatic rings. The molecule has 0 fully saturated rings. The van der Waals surface area contributed by atoms with Gasteiger partial charge in [0, 0.05) is 11.8 Å². The van der Waals surface area contributed by atoms with Gasteiger partial charge in [-0.3, -0.25) is 4.98 Å². The van der Waals surface area contributed by atoms with Gasteiger partial charge in [0.2, 0.25) is 0 Å². The van der Waals surface area contributed by atoms with Crippen LogP contribution in [0.25, 0.3) is 16.7 Å². The van der Waals surface area contributed by atoms with Crippen LogP contribution < -0.4 is 0 Å². The number of hydrogen-bond acceptors (Lipinski definition) is 1. The molecule has 1 aromatic heterocycles. The van der Waals surface area contributed by atoms with E-state index in [1.807, 2.05) is 30.3 Å². The monoisotopic (exact) mass is 257 g/mol. The minimum absolute atomic E-state index is 0.913. The Labute approximate surface area is 119 Å². The molecular formula is C19H15N. The van der Waals surface area contributed by atoms with Crippen LogP contribution in [0.3, 0.4) is 0 Å². The molecule has 0 N–H and O–H groups in total. The topological polar surface area (TPSA) is 12.9 Å². The fourth-order valence-corrected chi connectivity index (χ4v) is 2.29. The summed E-state index contributed by atoms with van der Waals surface area (Å²) in [6.45, 7) is 4.22. The zero-order valence-electron chi connectivity index (χ0n) is 11.2. The number of aromatic nitrogens is 1. The zero-order valence-corrected chi connectivity index (χ0v) is 11.2. The van der Waals surface area contributed by atoms with E-state index >= 15 is 0 Å². The van der Waals surface area contributed by atoms with E-state index < -0.39 is 0 Å². The lowest BCUT2D eigenvalue weighted by Crippen LogP contribution is -1.92. The van der Waals surface area contributed by atoms with Gasteiger partial charge in [-0.25, -0.2) is 0 Å². The van der Waals surface area contributed by atoms with Gasteiger partial charge in [0.25, 0.3) is 0 Å². The molecule has 0 saturated carbocycles. The van der Waals surface area contributed by atoms with Gasteiger partial charge in [0.05, 0.1) is 5.69 Å². The summed E-state index contributed by atoms with van der Waals surface area (Å²) in [4.78, 5) is 4.39. The Morgan fingerprint density at radius 1 is 0.750 bits per heavy atom. The van der Waals surface area contributed by atoms with Crippen molar-refractivity contribution in [3.63, 3.8) is 0 Å². The molecular weight excluding hydrogens is 242 g/mol. The van der Waals surface area contributed by atoms with E-state index in [0.717, 1.165) is 16.8 Å². The third-order valence-electron chi connectivity index (χ3n) is 3.31. The van der Waals surface area contributed by atoms with E-state index in [-0.39, 0.29) is 0 Å². The molecule has 3 aromatic rings. The Balaban J connectivity index is 2.10. The van der Waals surface area contributed by atoms with Gasteiger partial charge in [0.15, 0.2) is 0 Å². The second-order valence-electron chi connectivity index (χ2n) is 4.61. The number of hydrogen-bond donors (Lipinski definition) is 0. The van der Waals surface area contributed by atoms with Gasteiger partial charge in [-0.05, 0) is 28.8 Å². The van der Waals surface area contributed by atoms with Crippen molar-refractivity contribution >= 4 is 5.57 Å². The first kappa shape index (κ1) is 12.4. The number of nitrogens with zero attached hydrogens (tertiary/aromatic N) is 1. The van der Waals surface area contributed by atoms with E-state index in [4.69, 9.17) is 0 Å². The highest BCUT2D eigenvalue weighted by atomic mass is 14.7. The van der Waals surface area contributed by atoms with E-state index in [1.54, 1.807) is 6.20 Å². The molecule has 3 rings (SSSR count). The van der Waals surface area contributed by atoms with Gasteiger partial charge >= 0.3 is 0 Å². The minimum atomic E-state index is 0.913. The van der Waals surface area contributed by atoms with Crippen molar-refractivity contribution in [3.8, 4) is 11.1 Å². The molecule has 0 amide bonds. The highest BCUT2D eigenvalue weighted by molar-refractivity contribution is 5.86. The smallest absolute Gasteiger partial charge is 0.0702 e. The number of pyridine rings is 1. The third-order valence-corrected chi connectivity index (χ3v) is 3.31. The second-order valence-corrected chi connectivity index (χ2v) is 4.61. The Morgan fingerprint density at radius 3 is 2.20 bits per heavy atom. The third kappa shape index (κ3) is 2.39. The molecule has 0 unspecified atom stereocenters. The zero-order chi connectivity index (χ0) is 13.8. The van der Waals surface area contributed by atoms with Crippen LogP contribution in [0.15, 0.2) is 85.6 Å². The van der Waals surface area contributed by atoms with Crippen molar-refractivity contribution in [1.29, 1.82) is 0 Å². The number of rotatable bonds is 3. The molecule has 1 heterocycles. The quantitative estimate of drug-likeness (QED) is 0.656. The lowest BCUT2D eigenvalue weighted by atomic mass is 9.94. The minimum Gasteiger partial charge on any atom is -0.256 e. The molecule has 96 valence electrons. The molecule has 0 saturated heterocycles. The SMILES string of the molecule is C=C(c1ccccn1)c1ccccc1-c1ccccc1. The van der Waals surface area contributed by atoms with E-state index in [0.29, 0.717) is 0 Å². The van der Waals surface area contributed by atoms with E-state index in [9.17, 15) is 0 Å². The van der Waals surface area contributed by atoms with Gasteiger partial charge in [-0.15, -0.1) is 0 Å². The van der Waals surface area contributed by atoms with Crippen LogP contribution in [0, 0.1) is 0 Å². The van der Waals surface area contributed by atoms with E-state index in [1.165, 1.54) is 11.1 Å². The number of benzene rings is 2. The molecule has 0 atom stereocenters. The summed E-state index contributed by atoms with van der Waals surface area (Å²) < 4.78 is 0. The molecule has 0 spiro atoms. The highest BCUT2D eigenvalue weighted by Gasteiger charge is 2.09. The standard InChI is InChI=1S/C19H15N/c1-15(19-13-7-8-14-20-19)17-11-5-6-12-18(17)16-9-3-2-4-10-16/h2-14H,1H2. The van der Waals surface area contributed by atoms with Crippen molar-refractivity contribution in [2.45, 2.75) is 0 Å². The molecule has 0 aliphatic carbocycles. The summed E-state index contributed by atoms with van der Waals surface area (Å²) in [5.74, 6) is 0. The van der Waals surface area contributed by atoms with Crippen LogP contribution in [0.2, 0.25) is 0 Å². The van der Waals surface area contributed by atoms with Crippen LogP contribution in [0.1, 0.15) is 11.3 Å². The Bertz CT molecular complexity index is 715. The Hall–Kier alpha value is -2.67. The molecule has 1 heteroatoms.